The summed E-state index contributed by atoms with van der Waals surface area (Å²) >= 11 is 1.38. The van der Waals surface area contributed by atoms with Crippen LogP contribution in [0.25, 0.3) is 10.2 Å². The van der Waals surface area contributed by atoms with Crippen LogP contribution in [0, 0.1) is 0 Å². The molecule has 2 heterocycles. The Morgan fingerprint density at radius 3 is 2.41 bits per heavy atom. The van der Waals surface area contributed by atoms with E-state index in [4.69, 9.17) is 9.47 Å². The summed E-state index contributed by atoms with van der Waals surface area (Å²) in [6, 6.07) is 11.6. The van der Waals surface area contributed by atoms with Crippen LogP contribution in [-0.2, 0) is 21.8 Å². The number of rotatable bonds is 4. The van der Waals surface area contributed by atoms with Crippen molar-refractivity contribution in [3.63, 3.8) is 0 Å². The summed E-state index contributed by atoms with van der Waals surface area (Å²) in [4.78, 5) is 17.7. The van der Waals surface area contributed by atoms with Crippen LogP contribution in [0.1, 0.15) is 24.2 Å². The molecule has 2 aromatic carbocycles. The number of aryl methyl sites for hydroxylation is 1. The Balaban J connectivity index is 1.62. The summed E-state index contributed by atoms with van der Waals surface area (Å²) in [5.74, 6) is 0.264. The van der Waals surface area contributed by atoms with Crippen molar-refractivity contribution in [1.82, 2.24) is 8.87 Å². The number of carbonyl (C=O) groups is 1. The summed E-state index contributed by atoms with van der Waals surface area (Å²) in [6.45, 7) is 4.30. The molecule has 1 aliphatic rings. The van der Waals surface area contributed by atoms with Crippen LogP contribution in [0.3, 0.4) is 0 Å². The fraction of sp³-hybridized carbons (Fsp3) is 0.364. The summed E-state index contributed by atoms with van der Waals surface area (Å²) in [7, 11) is -0.239. The number of fused-ring (bicyclic) bond motifs is 1. The Bertz CT molecular complexity index is 1320. The molecular weight excluding hydrogens is 450 g/mol. The molecule has 0 saturated carbocycles. The van der Waals surface area contributed by atoms with Gasteiger partial charge >= 0.3 is 0 Å². The van der Waals surface area contributed by atoms with Crippen molar-refractivity contribution in [2.24, 2.45) is 12.0 Å². The first-order valence-electron chi connectivity index (χ1n) is 10.2. The molecule has 10 heteroatoms. The highest BCUT2D eigenvalue weighted by Gasteiger charge is 2.32. The van der Waals surface area contributed by atoms with E-state index in [1.807, 2.05) is 43.7 Å². The van der Waals surface area contributed by atoms with Crippen LogP contribution in [0.15, 0.2) is 52.4 Å². The van der Waals surface area contributed by atoms with Crippen LogP contribution < -0.4 is 9.54 Å². The number of ether oxygens (including phenoxy) is 2. The van der Waals surface area contributed by atoms with Crippen LogP contribution >= 0.6 is 11.3 Å². The number of sulfonamides is 1. The molecule has 8 nitrogen and oxygen atoms in total. The van der Waals surface area contributed by atoms with E-state index < -0.39 is 15.9 Å². The molecule has 1 aromatic heterocycles. The highest BCUT2D eigenvalue weighted by molar-refractivity contribution is 7.89. The number of carbonyl (C=O) groups excluding carboxylic acids is 1. The minimum Gasteiger partial charge on any atom is -0.495 e. The van der Waals surface area contributed by atoms with E-state index in [0.29, 0.717) is 29.2 Å². The molecule has 32 heavy (non-hydrogen) atoms. The number of morpholine rings is 1. The van der Waals surface area contributed by atoms with Crippen molar-refractivity contribution in [2.45, 2.75) is 31.0 Å². The maximum absolute atomic E-state index is 13.0. The number of para-hydroxylation sites is 1. The Hall–Kier alpha value is -2.53. The SMILES string of the molecule is COc1cccc2sc(=NC(=O)c3ccc(S(=O)(=O)N4CC(C)OC(C)C4)cc3)n(C)c12. The largest absolute Gasteiger partial charge is 0.495 e. The molecule has 0 bridgehead atoms. The molecule has 170 valence electrons. The molecular formula is C22H25N3O5S2. The number of hydrogen-bond acceptors (Lipinski definition) is 6. The Morgan fingerprint density at radius 2 is 1.78 bits per heavy atom. The summed E-state index contributed by atoms with van der Waals surface area (Å²) < 4.78 is 41.2. The first kappa shape index (κ1) is 22.7. The van der Waals surface area contributed by atoms with Gasteiger partial charge in [-0.3, -0.25) is 4.79 Å². The molecule has 2 unspecified atom stereocenters. The number of amides is 1. The van der Waals surface area contributed by atoms with Gasteiger partial charge in [-0.15, -0.1) is 0 Å². The Labute approximate surface area is 190 Å². The Morgan fingerprint density at radius 1 is 1.12 bits per heavy atom. The third-order valence-corrected chi connectivity index (χ3v) is 8.27. The molecule has 2 atom stereocenters. The minimum atomic E-state index is -3.67. The van der Waals surface area contributed by atoms with Gasteiger partial charge in [0.1, 0.15) is 11.3 Å². The lowest BCUT2D eigenvalue weighted by Gasteiger charge is -2.34. The predicted molar refractivity (Wildman–Crippen MR) is 122 cm³/mol. The number of benzene rings is 2. The van der Waals surface area contributed by atoms with E-state index in [1.165, 1.54) is 39.9 Å². The van der Waals surface area contributed by atoms with E-state index in [-0.39, 0.29) is 17.1 Å². The smallest absolute Gasteiger partial charge is 0.279 e. The lowest BCUT2D eigenvalue weighted by atomic mass is 10.2. The number of hydrogen-bond donors (Lipinski definition) is 0. The summed E-state index contributed by atoms with van der Waals surface area (Å²) in [5, 5.41) is 0. The van der Waals surface area contributed by atoms with E-state index in [0.717, 1.165) is 10.2 Å². The first-order valence-corrected chi connectivity index (χ1v) is 12.4. The third kappa shape index (κ3) is 4.23. The number of nitrogens with zero attached hydrogens (tertiary/aromatic N) is 3. The van der Waals surface area contributed by atoms with Gasteiger partial charge in [0.05, 0.1) is 28.9 Å². The Kier molecular flexibility index (Phi) is 6.22. The minimum absolute atomic E-state index is 0.146. The van der Waals surface area contributed by atoms with Gasteiger partial charge in [-0.25, -0.2) is 8.42 Å². The van der Waals surface area contributed by atoms with E-state index in [1.54, 1.807) is 7.11 Å². The third-order valence-electron chi connectivity index (χ3n) is 5.33. The fourth-order valence-electron chi connectivity index (χ4n) is 3.84. The van der Waals surface area contributed by atoms with Crippen molar-refractivity contribution in [2.75, 3.05) is 20.2 Å². The van der Waals surface area contributed by atoms with Gasteiger partial charge in [0.2, 0.25) is 10.0 Å². The second kappa shape index (κ2) is 8.78. The van der Waals surface area contributed by atoms with Gasteiger partial charge in [0.15, 0.2) is 4.80 Å². The molecule has 1 amide bonds. The van der Waals surface area contributed by atoms with Gasteiger partial charge < -0.3 is 14.0 Å². The van der Waals surface area contributed by atoms with Gasteiger partial charge in [-0.2, -0.15) is 9.30 Å². The molecule has 3 aromatic rings. The van der Waals surface area contributed by atoms with Crippen molar-refractivity contribution < 1.29 is 22.7 Å². The molecule has 0 N–H and O–H groups in total. The van der Waals surface area contributed by atoms with E-state index in [2.05, 4.69) is 4.99 Å². The van der Waals surface area contributed by atoms with Crippen LogP contribution in [0.5, 0.6) is 5.75 Å². The summed E-state index contributed by atoms with van der Waals surface area (Å²) in [5.41, 5.74) is 1.18. The van der Waals surface area contributed by atoms with Crippen molar-refractivity contribution in [3.05, 3.63) is 52.8 Å². The standard InChI is InChI=1S/C22H25N3O5S2/c1-14-12-25(13-15(2)30-14)32(27,28)17-10-8-16(9-11-17)21(26)23-22-24(3)20-18(29-4)6-5-7-19(20)31-22/h5-11,14-15H,12-13H2,1-4H3. The van der Waals surface area contributed by atoms with Gasteiger partial charge in [-0.05, 0) is 50.2 Å². The molecule has 1 saturated heterocycles. The molecule has 1 fully saturated rings. The average Bonchev–Trinajstić information content (AvgIpc) is 3.08. The monoisotopic (exact) mass is 475 g/mol. The highest BCUT2D eigenvalue weighted by Crippen LogP contribution is 2.26. The fourth-order valence-corrected chi connectivity index (χ4v) is 6.46. The average molecular weight is 476 g/mol. The molecule has 0 radical (unpaired) electrons. The highest BCUT2D eigenvalue weighted by atomic mass is 32.2. The number of thiazole rings is 1. The molecule has 1 aliphatic heterocycles. The zero-order chi connectivity index (χ0) is 23.0. The van der Waals surface area contributed by atoms with Gasteiger partial charge in [0, 0.05) is 25.7 Å². The van der Waals surface area contributed by atoms with Crippen LogP contribution in [-0.4, -0.2) is 55.6 Å². The first-order chi connectivity index (χ1) is 15.2. The molecule has 0 spiro atoms. The lowest BCUT2D eigenvalue weighted by molar-refractivity contribution is -0.0440. The van der Waals surface area contributed by atoms with Crippen LogP contribution in [0.4, 0.5) is 0 Å². The normalized spacial score (nSPS) is 20.6. The van der Waals surface area contributed by atoms with E-state index >= 15 is 0 Å². The van der Waals surface area contributed by atoms with Crippen LogP contribution in [0.2, 0.25) is 0 Å². The van der Waals surface area contributed by atoms with Crippen molar-refractivity contribution >= 4 is 37.5 Å². The quantitative estimate of drug-likeness (QED) is 0.579. The van der Waals surface area contributed by atoms with E-state index in [9.17, 15) is 13.2 Å². The predicted octanol–water partition coefficient (Wildman–Crippen LogP) is 2.79. The second-order valence-electron chi connectivity index (χ2n) is 7.77. The maximum Gasteiger partial charge on any atom is 0.279 e. The molecule has 4 rings (SSSR count). The second-order valence-corrected chi connectivity index (χ2v) is 10.7. The van der Waals surface area contributed by atoms with Crippen molar-refractivity contribution in [3.8, 4) is 5.75 Å². The zero-order valence-electron chi connectivity index (χ0n) is 18.3. The maximum atomic E-state index is 13.0. The van der Waals surface area contributed by atoms with Crippen molar-refractivity contribution in [1.29, 1.82) is 0 Å². The van der Waals surface area contributed by atoms with Gasteiger partial charge in [0.25, 0.3) is 5.91 Å². The van der Waals surface area contributed by atoms with Gasteiger partial charge in [-0.1, -0.05) is 17.4 Å². The lowest BCUT2D eigenvalue weighted by Crippen LogP contribution is -2.48. The summed E-state index contributed by atoms with van der Waals surface area (Å²) in [6.07, 6.45) is -0.345. The zero-order valence-corrected chi connectivity index (χ0v) is 19.9. The number of aromatic nitrogens is 1. The molecule has 0 aliphatic carbocycles. The number of methoxy groups -OCH3 is 1. The topological polar surface area (TPSA) is 90.2 Å².